The summed E-state index contributed by atoms with van der Waals surface area (Å²) >= 11 is 0. The maximum absolute atomic E-state index is 12.8. The van der Waals surface area contributed by atoms with E-state index in [1.807, 2.05) is 48.5 Å². The van der Waals surface area contributed by atoms with Gasteiger partial charge in [-0.1, -0.05) is 42.5 Å². The van der Waals surface area contributed by atoms with Gasteiger partial charge in [0.1, 0.15) is 11.3 Å². The van der Waals surface area contributed by atoms with Crippen molar-refractivity contribution in [3.8, 4) is 23.0 Å². The van der Waals surface area contributed by atoms with Gasteiger partial charge in [-0.2, -0.15) is 10.4 Å². The van der Waals surface area contributed by atoms with E-state index in [0.29, 0.717) is 28.1 Å². The number of para-hydroxylation sites is 2. The summed E-state index contributed by atoms with van der Waals surface area (Å²) in [6, 6.07) is 26.5. The average molecular weight is 517 g/mol. The maximum Gasteiger partial charge on any atom is 0.345 e. The molecule has 2 aromatic heterocycles. The molecule has 9 heteroatoms. The van der Waals surface area contributed by atoms with E-state index >= 15 is 0 Å². The predicted molar refractivity (Wildman–Crippen MR) is 145 cm³/mol. The van der Waals surface area contributed by atoms with E-state index in [4.69, 9.17) is 14.4 Å². The highest BCUT2D eigenvalue weighted by molar-refractivity contribution is 5.95. The molecule has 0 saturated heterocycles. The van der Waals surface area contributed by atoms with E-state index in [1.165, 1.54) is 12.1 Å². The summed E-state index contributed by atoms with van der Waals surface area (Å²) in [4.78, 5) is 37.4. The molecule has 0 spiro atoms. The van der Waals surface area contributed by atoms with Crippen LogP contribution in [0, 0.1) is 11.3 Å². The third kappa shape index (κ3) is 5.81. The van der Waals surface area contributed by atoms with Crippen LogP contribution in [0.1, 0.15) is 11.1 Å². The number of rotatable bonds is 7. The summed E-state index contributed by atoms with van der Waals surface area (Å²) in [7, 11) is 0. The minimum Gasteiger partial charge on any atom is -0.452 e. The number of fused-ring (bicyclic) bond motifs is 1. The molecule has 0 radical (unpaired) electrons. The van der Waals surface area contributed by atoms with Crippen molar-refractivity contribution in [2.75, 3.05) is 11.9 Å². The zero-order valence-electron chi connectivity index (χ0n) is 20.4. The topological polar surface area (TPSA) is 127 Å². The van der Waals surface area contributed by atoms with Gasteiger partial charge in [0.2, 0.25) is 0 Å². The highest BCUT2D eigenvalue weighted by atomic mass is 16.5. The molecule has 0 saturated carbocycles. The van der Waals surface area contributed by atoms with Crippen LogP contribution in [-0.4, -0.2) is 28.3 Å². The lowest BCUT2D eigenvalue weighted by Gasteiger charge is -2.05. The predicted octanol–water partition coefficient (Wildman–Crippen LogP) is 4.71. The molecule has 0 bridgehead atoms. The molecule has 3 aromatic carbocycles. The van der Waals surface area contributed by atoms with Crippen molar-refractivity contribution < 1.29 is 18.7 Å². The number of nitriles is 1. The third-order valence-electron chi connectivity index (χ3n) is 5.68. The Morgan fingerprint density at radius 2 is 1.82 bits per heavy atom. The molecule has 1 N–H and O–H groups in total. The van der Waals surface area contributed by atoms with Gasteiger partial charge in [-0.15, -0.1) is 0 Å². The molecular formula is C30H20N4O5. The van der Waals surface area contributed by atoms with Gasteiger partial charge < -0.3 is 14.5 Å². The van der Waals surface area contributed by atoms with E-state index in [2.05, 4.69) is 10.4 Å². The van der Waals surface area contributed by atoms with E-state index in [0.717, 1.165) is 17.1 Å². The van der Waals surface area contributed by atoms with Crippen molar-refractivity contribution in [2.45, 2.75) is 0 Å². The van der Waals surface area contributed by atoms with Crippen LogP contribution < -0.4 is 10.9 Å². The van der Waals surface area contributed by atoms with Gasteiger partial charge in [-0.05, 0) is 48.5 Å². The van der Waals surface area contributed by atoms with Gasteiger partial charge in [-0.25, -0.2) is 14.3 Å². The number of nitrogens with one attached hydrogen (secondary N) is 1. The quantitative estimate of drug-likeness (QED) is 0.188. The Labute approximate surface area is 222 Å². The molecule has 5 aromatic rings. The number of ether oxygens (including phenoxy) is 1. The Morgan fingerprint density at radius 3 is 2.64 bits per heavy atom. The first-order valence-electron chi connectivity index (χ1n) is 11.8. The number of hydrogen-bond acceptors (Lipinski definition) is 7. The summed E-state index contributed by atoms with van der Waals surface area (Å²) < 4.78 is 12.1. The normalized spacial score (nSPS) is 10.8. The van der Waals surface area contributed by atoms with Gasteiger partial charge in [0.05, 0.1) is 22.9 Å². The van der Waals surface area contributed by atoms with Gasteiger partial charge in [0.15, 0.2) is 6.61 Å². The Balaban J connectivity index is 1.37. The van der Waals surface area contributed by atoms with E-state index < -0.39 is 24.1 Å². The molecular weight excluding hydrogens is 496 g/mol. The van der Waals surface area contributed by atoms with Crippen LogP contribution in [0.5, 0.6) is 0 Å². The zero-order valence-corrected chi connectivity index (χ0v) is 20.4. The number of esters is 1. The third-order valence-corrected chi connectivity index (χ3v) is 5.68. The van der Waals surface area contributed by atoms with Crippen molar-refractivity contribution in [3.05, 3.63) is 119 Å². The maximum atomic E-state index is 12.8. The summed E-state index contributed by atoms with van der Waals surface area (Å²) in [6.45, 7) is -0.523. The number of benzene rings is 3. The molecule has 0 unspecified atom stereocenters. The molecule has 2 heterocycles. The average Bonchev–Trinajstić information content (AvgIpc) is 3.39. The molecule has 0 aliphatic rings. The molecule has 9 nitrogen and oxygen atoms in total. The fraction of sp³-hybridized carbons (Fsp3) is 0.0333. The fourth-order valence-electron chi connectivity index (χ4n) is 3.86. The second kappa shape index (κ2) is 11.1. The number of nitrogens with zero attached hydrogens (tertiary/aromatic N) is 3. The molecule has 0 fully saturated rings. The van der Waals surface area contributed by atoms with Crippen molar-refractivity contribution >= 4 is 34.6 Å². The molecule has 1 amide bonds. The molecule has 0 aliphatic carbocycles. The van der Waals surface area contributed by atoms with Crippen LogP contribution in [0.4, 0.5) is 5.69 Å². The Bertz CT molecular complexity index is 1810. The number of hydrogen-bond donors (Lipinski definition) is 1. The lowest BCUT2D eigenvalue weighted by Crippen LogP contribution is -2.20. The Kier molecular flexibility index (Phi) is 7.10. The van der Waals surface area contributed by atoms with Crippen LogP contribution >= 0.6 is 0 Å². The Hall–Kier alpha value is -5.75. The minimum atomic E-state index is -0.764. The molecule has 0 aliphatic heterocycles. The van der Waals surface area contributed by atoms with Crippen LogP contribution in [0.3, 0.4) is 0 Å². The van der Waals surface area contributed by atoms with E-state index in [1.54, 1.807) is 47.3 Å². The van der Waals surface area contributed by atoms with Crippen molar-refractivity contribution in [2.24, 2.45) is 0 Å². The highest BCUT2D eigenvalue weighted by Gasteiger charge is 2.16. The number of carbonyl (C=O) groups is 2. The molecule has 5 rings (SSSR count). The first kappa shape index (κ1) is 24.9. The highest BCUT2D eigenvalue weighted by Crippen LogP contribution is 2.25. The van der Waals surface area contributed by atoms with Crippen molar-refractivity contribution in [1.29, 1.82) is 5.26 Å². The summed E-state index contributed by atoms with van der Waals surface area (Å²) in [6.07, 6.45) is 4.30. The molecule has 190 valence electrons. The number of carbonyl (C=O) groups excluding carboxylic acids is 2. The van der Waals surface area contributed by atoms with Gasteiger partial charge >= 0.3 is 11.6 Å². The largest absolute Gasteiger partial charge is 0.452 e. The smallest absolute Gasteiger partial charge is 0.345 e. The number of anilines is 1. The summed E-state index contributed by atoms with van der Waals surface area (Å²) in [5.41, 5.74) is 2.46. The van der Waals surface area contributed by atoms with Crippen LogP contribution in [0.2, 0.25) is 0 Å². The second-order valence-corrected chi connectivity index (χ2v) is 8.38. The van der Waals surface area contributed by atoms with Crippen LogP contribution in [0.15, 0.2) is 106 Å². The van der Waals surface area contributed by atoms with E-state index in [-0.39, 0.29) is 5.56 Å². The first-order chi connectivity index (χ1) is 19.0. The molecule has 0 atom stereocenters. The SMILES string of the molecule is N#Cc1cccc(NC(=O)COC(=O)/C=C/c2cn(-c3ccccc3)nc2-c2cc3ccccc3oc2=O)c1. The number of aromatic nitrogens is 2. The monoisotopic (exact) mass is 516 g/mol. The first-order valence-corrected chi connectivity index (χ1v) is 11.8. The van der Waals surface area contributed by atoms with Gasteiger partial charge in [-0.3, -0.25) is 4.79 Å². The van der Waals surface area contributed by atoms with E-state index in [9.17, 15) is 14.4 Å². The number of amides is 1. The minimum absolute atomic E-state index is 0.232. The van der Waals surface area contributed by atoms with Gasteiger partial charge in [0, 0.05) is 28.9 Å². The lowest BCUT2D eigenvalue weighted by molar-refractivity contribution is -0.142. The van der Waals surface area contributed by atoms with Crippen LogP contribution in [0.25, 0.3) is 34.0 Å². The standard InChI is InChI=1S/C30H20N4O5/c31-17-20-7-6-9-23(15-20)32-27(35)19-38-28(36)14-13-22-18-34(24-10-2-1-3-11-24)33-29(22)25-16-21-8-4-5-12-26(21)39-30(25)37/h1-16,18H,19H2,(H,32,35)/b14-13+. The second-order valence-electron chi connectivity index (χ2n) is 8.38. The zero-order chi connectivity index (χ0) is 27.2. The van der Waals surface area contributed by atoms with Crippen molar-refractivity contribution in [3.63, 3.8) is 0 Å². The summed E-state index contributed by atoms with van der Waals surface area (Å²) in [5.74, 6) is -1.32. The molecule has 39 heavy (non-hydrogen) atoms. The van der Waals surface area contributed by atoms with Gasteiger partial charge in [0.25, 0.3) is 5.91 Å². The van der Waals surface area contributed by atoms with Crippen LogP contribution in [-0.2, 0) is 14.3 Å². The summed E-state index contributed by atoms with van der Waals surface area (Å²) in [5, 5.41) is 16.9. The van der Waals surface area contributed by atoms with Crippen molar-refractivity contribution in [1.82, 2.24) is 9.78 Å². The Morgan fingerprint density at radius 1 is 1.03 bits per heavy atom. The fourth-order valence-corrected chi connectivity index (χ4v) is 3.86. The lowest BCUT2D eigenvalue weighted by atomic mass is 10.1.